The zero-order chi connectivity index (χ0) is 26.4. The highest BCUT2D eigenvalue weighted by Crippen LogP contribution is 2.20. The highest BCUT2D eigenvalue weighted by Gasteiger charge is 2.38. The molecule has 0 aromatic rings. The SMILES string of the molecule is NCCCCC(N)C(=O)NC(CCC(N)=O)C(=O)NC(CCCCN)C(=O)N1CCCC1C(=O)O. The number of rotatable bonds is 17. The lowest BCUT2D eigenvalue weighted by molar-refractivity contribution is -0.149. The molecule has 0 aromatic heterocycles. The third-order valence-corrected chi connectivity index (χ3v) is 6.00. The molecule has 1 rings (SSSR count). The fourth-order valence-electron chi connectivity index (χ4n) is 3.98. The van der Waals surface area contributed by atoms with Gasteiger partial charge < -0.3 is 43.6 Å². The molecule has 35 heavy (non-hydrogen) atoms. The summed E-state index contributed by atoms with van der Waals surface area (Å²) in [5.41, 5.74) is 22.1. The van der Waals surface area contributed by atoms with E-state index >= 15 is 0 Å². The number of aliphatic carboxylic acids is 1. The number of amides is 4. The summed E-state index contributed by atoms with van der Waals surface area (Å²) < 4.78 is 0. The molecule has 13 nitrogen and oxygen atoms in total. The molecule has 4 atom stereocenters. The normalized spacial score (nSPS) is 17.9. The van der Waals surface area contributed by atoms with Crippen LogP contribution in [0.4, 0.5) is 0 Å². The predicted octanol–water partition coefficient (Wildman–Crippen LogP) is -2.12. The van der Waals surface area contributed by atoms with E-state index in [1.807, 2.05) is 0 Å². The summed E-state index contributed by atoms with van der Waals surface area (Å²) in [5.74, 6) is -3.49. The zero-order valence-electron chi connectivity index (χ0n) is 20.2. The van der Waals surface area contributed by atoms with Crippen molar-refractivity contribution in [1.29, 1.82) is 0 Å². The Morgan fingerprint density at radius 2 is 1.49 bits per heavy atom. The number of carboxylic acids is 1. The van der Waals surface area contributed by atoms with Crippen LogP contribution in [-0.4, -0.2) is 83.4 Å². The first-order chi connectivity index (χ1) is 16.6. The van der Waals surface area contributed by atoms with Gasteiger partial charge in [-0.25, -0.2) is 4.79 Å². The lowest BCUT2D eigenvalue weighted by Gasteiger charge is -2.29. The number of nitrogens with zero attached hydrogens (tertiary/aromatic N) is 1. The minimum absolute atomic E-state index is 0.0758. The molecule has 13 heteroatoms. The minimum atomic E-state index is -1.14. The Morgan fingerprint density at radius 3 is 2.06 bits per heavy atom. The maximum atomic E-state index is 13.2. The quantitative estimate of drug-likeness (QED) is 0.108. The van der Waals surface area contributed by atoms with Crippen LogP contribution in [0.15, 0.2) is 0 Å². The van der Waals surface area contributed by atoms with Gasteiger partial charge in [0, 0.05) is 13.0 Å². The Labute approximate surface area is 205 Å². The van der Waals surface area contributed by atoms with Crippen molar-refractivity contribution >= 4 is 29.6 Å². The van der Waals surface area contributed by atoms with Crippen LogP contribution >= 0.6 is 0 Å². The third kappa shape index (κ3) is 10.6. The van der Waals surface area contributed by atoms with Crippen LogP contribution in [0, 0.1) is 0 Å². The number of nitrogens with two attached hydrogens (primary N) is 4. The summed E-state index contributed by atoms with van der Waals surface area (Å²) in [7, 11) is 0. The molecule has 1 saturated heterocycles. The van der Waals surface area contributed by atoms with Gasteiger partial charge in [-0.15, -0.1) is 0 Å². The number of hydrogen-bond acceptors (Lipinski definition) is 8. The monoisotopic (exact) mass is 499 g/mol. The van der Waals surface area contributed by atoms with Gasteiger partial charge in [0.15, 0.2) is 0 Å². The second-order valence-corrected chi connectivity index (χ2v) is 8.83. The highest BCUT2D eigenvalue weighted by molar-refractivity contribution is 5.94. The Hall–Kier alpha value is -2.77. The van der Waals surface area contributed by atoms with Gasteiger partial charge in [0.2, 0.25) is 23.6 Å². The van der Waals surface area contributed by atoms with E-state index in [1.165, 1.54) is 4.90 Å². The first-order valence-electron chi connectivity index (χ1n) is 12.2. The molecule has 1 fully saturated rings. The molecule has 0 aliphatic carbocycles. The van der Waals surface area contributed by atoms with E-state index in [1.54, 1.807) is 0 Å². The lowest BCUT2D eigenvalue weighted by Crippen LogP contribution is -2.57. The number of hydrogen-bond donors (Lipinski definition) is 7. The smallest absolute Gasteiger partial charge is 0.326 e. The van der Waals surface area contributed by atoms with Gasteiger partial charge in [0.1, 0.15) is 18.1 Å². The molecule has 11 N–H and O–H groups in total. The maximum absolute atomic E-state index is 13.2. The molecule has 0 bridgehead atoms. The Kier molecular flexibility index (Phi) is 13.8. The topological polar surface area (TPSA) is 237 Å². The lowest BCUT2D eigenvalue weighted by atomic mass is 10.0. The fraction of sp³-hybridized carbons (Fsp3) is 0.773. The van der Waals surface area contributed by atoms with E-state index in [0.29, 0.717) is 58.0 Å². The predicted molar refractivity (Wildman–Crippen MR) is 128 cm³/mol. The largest absolute Gasteiger partial charge is 0.480 e. The number of nitrogens with one attached hydrogen (secondary N) is 2. The average molecular weight is 500 g/mol. The summed E-state index contributed by atoms with van der Waals surface area (Å²) in [4.78, 5) is 62.9. The first-order valence-corrected chi connectivity index (χ1v) is 12.2. The number of unbranched alkanes of at least 4 members (excludes halogenated alkanes) is 2. The van der Waals surface area contributed by atoms with Crippen molar-refractivity contribution in [3.63, 3.8) is 0 Å². The molecule has 0 aromatic carbocycles. The number of carboxylic acid groups (broad SMARTS) is 1. The van der Waals surface area contributed by atoms with Crippen LogP contribution in [0.2, 0.25) is 0 Å². The Bertz CT molecular complexity index is 735. The molecule has 0 spiro atoms. The Balaban J connectivity index is 2.96. The summed E-state index contributed by atoms with van der Waals surface area (Å²) in [6.07, 6.45) is 3.75. The van der Waals surface area contributed by atoms with E-state index in [-0.39, 0.29) is 25.8 Å². The van der Waals surface area contributed by atoms with E-state index in [4.69, 9.17) is 22.9 Å². The number of carbonyl (C=O) groups is 5. The first kappa shape index (κ1) is 30.3. The van der Waals surface area contributed by atoms with Crippen molar-refractivity contribution in [2.45, 2.75) is 88.4 Å². The van der Waals surface area contributed by atoms with Crippen LogP contribution in [0.5, 0.6) is 0 Å². The second-order valence-electron chi connectivity index (χ2n) is 8.83. The van der Waals surface area contributed by atoms with Crippen molar-refractivity contribution in [2.75, 3.05) is 19.6 Å². The molecule has 1 aliphatic rings. The summed E-state index contributed by atoms with van der Waals surface area (Å²) >= 11 is 0. The van der Waals surface area contributed by atoms with E-state index < -0.39 is 53.8 Å². The van der Waals surface area contributed by atoms with Gasteiger partial charge in [-0.1, -0.05) is 6.42 Å². The molecule has 0 radical (unpaired) electrons. The molecule has 4 unspecified atom stereocenters. The van der Waals surface area contributed by atoms with Gasteiger partial charge in [0.05, 0.1) is 6.04 Å². The summed E-state index contributed by atoms with van der Waals surface area (Å²) in [5, 5.41) is 14.6. The van der Waals surface area contributed by atoms with Crippen molar-refractivity contribution < 1.29 is 29.1 Å². The van der Waals surface area contributed by atoms with Gasteiger partial charge >= 0.3 is 5.97 Å². The van der Waals surface area contributed by atoms with Crippen molar-refractivity contribution in [1.82, 2.24) is 15.5 Å². The van der Waals surface area contributed by atoms with E-state index in [0.717, 1.165) is 0 Å². The van der Waals surface area contributed by atoms with Gasteiger partial charge in [-0.05, 0) is 64.5 Å². The molecule has 1 aliphatic heterocycles. The van der Waals surface area contributed by atoms with Gasteiger partial charge in [-0.2, -0.15) is 0 Å². The van der Waals surface area contributed by atoms with Crippen LogP contribution in [0.3, 0.4) is 0 Å². The van der Waals surface area contributed by atoms with Crippen molar-refractivity contribution in [3.05, 3.63) is 0 Å². The highest BCUT2D eigenvalue weighted by atomic mass is 16.4. The minimum Gasteiger partial charge on any atom is -0.480 e. The average Bonchev–Trinajstić information content (AvgIpc) is 3.30. The molecular weight excluding hydrogens is 458 g/mol. The summed E-state index contributed by atoms with van der Waals surface area (Å²) in [6.45, 7) is 1.14. The molecular formula is C22H41N7O6. The second kappa shape index (κ2) is 16.0. The maximum Gasteiger partial charge on any atom is 0.326 e. The van der Waals surface area contributed by atoms with E-state index in [9.17, 15) is 29.1 Å². The third-order valence-electron chi connectivity index (χ3n) is 6.00. The molecule has 4 amide bonds. The number of likely N-dealkylation sites (tertiary alicyclic amines) is 1. The molecule has 200 valence electrons. The van der Waals surface area contributed by atoms with Crippen LogP contribution in [-0.2, 0) is 24.0 Å². The van der Waals surface area contributed by atoms with Crippen LogP contribution in [0.1, 0.15) is 64.2 Å². The zero-order valence-corrected chi connectivity index (χ0v) is 20.2. The Morgan fingerprint density at radius 1 is 0.886 bits per heavy atom. The van der Waals surface area contributed by atoms with Crippen LogP contribution in [0.25, 0.3) is 0 Å². The number of primary amides is 1. The summed E-state index contributed by atoms with van der Waals surface area (Å²) in [6, 6.07) is -3.96. The molecule has 0 saturated carbocycles. The number of carbonyl (C=O) groups excluding carboxylic acids is 4. The molecule has 1 heterocycles. The van der Waals surface area contributed by atoms with E-state index in [2.05, 4.69) is 10.6 Å². The standard InChI is InChI=1S/C22H41N7O6/c23-11-3-1-6-14(25)19(31)27-15(9-10-18(26)30)20(32)28-16(7-2-4-12-24)21(33)29-13-5-8-17(29)22(34)35/h14-17H,1-13,23-25H2,(H2,26,30)(H,27,31)(H,28,32)(H,34,35). The van der Waals surface area contributed by atoms with Gasteiger partial charge in [0.25, 0.3) is 0 Å². The van der Waals surface area contributed by atoms with Crippen LogP contribution < -0.4 is 33.6 Å². The van der Waals surface area contributed by atoms with Crippen molar-refractivity contribution in [3.8, 4) is 0 Å². The fourth-order valence-corrected chi connectivity index (χ4v) is 3.98. The van der Waals surface area contributed by atoms with Gasteiger partial charge in [-0.3, -0.25) is 19.2 Å². The van der Waals surface area contributed by atoms with Crippen molar-refractivity contribution in [2.24, 2.45) is 22.9 Å².